The predicted octanol–water partition coefficient (Wildman–Crippen LogP) is 2.45. The average molecular weight is 181 g/mol. The van der Waals surface area contributed by atoms with Gasteiger partial charge >= 0.3 is 0 Å². The molecule has 0 bridgehead atoms. The van der Waals surface area contributed by atoms with Crippen molar-refractivity contribution in [2.24, 2.45) is 0 Å². The Bertz CT molecular complexity index is 169. The third kappa shape index (κ3) is 2.90. The zero-order valence-electron chi connectivity index (χ0n) is 4.96. The largest absolute Gasteiger partial charge is 0.171 e. The molecule has 0 aliphatic rings. The first-order valence-electron chi connectivity index (χ1n) is 2.43. The van der Waals surface area contributed by atoms with Gasteiger partial charge in [0, 0.05) is 17.1 Å². The monoisotopic (exact) mass is 181 g/mol. The molecule has 0 N–H and O–H groups in total. The van der Waals surface area contributed by atoms with Crippen molar-refractivity contribution in [3.8, 4) is 0 Å². The fraction of sp³-hybridized carbons (Fsp3) is 0.143. The maximum Gasteiger partial charge on any atom is 0 e. The van der Waals surface area contributed by atoms with Crippen LogP contribution in [0.3, 0.4) is 0 Å². The van der Waals surface area contributed by atoms with Gasteiger partial charge in [-0.05, 0) is 0 Å². The Morgan fingerprint density at radius 2 is 2.11 bits per heavy atom. The van der Waals surface area contributed by atoms with Crippen LogP contribution in [0.1, 0.15) is 5.56 Å². The summed E-state index contributed by atoms with van der Waals surface area (Å²) < 4.78 is 0. The molecule has 1 aromatic rings. The van der Waals surface area contributed by atoms with Gasteiger partial charge in [-0.2, -0.15) is 29.8 Å². The molecule has 0 saturated heterocycles. The second-order valence-corrected chi connectivity index (χ2v) is 2.09. The number of rotatable bonds is 0. The summed E-state index contributed by atoms with van der Waals surface area (Å²) in [7, 11) is 0. The van der Waals surface area contributed by atoms with E-state index < -0.39 is 0 Å². The Labute approximate surface area is 70.7 Å². The van der Waals surface area contributed by atoms with Gasteiger partial charge in [-0.3, -0.25) is 0 Å². The molecule has 0 nitrogen and oxygen atoms in total. The molecule has 2 heteroatoms. The Morgan fingerprint density at radius 1 is 1.44 bits per heavy atom. The van der Waals surface area contributed by atoms with Crippen LogP contribution in [0.15, 0.2) is 18.2 Å². The molecule has 1 aromatic carbocycles. The number of benzene rings is 1. The van der Waals surface area contributed by atoms with E-state index in [9.17, 15) is 0 Å². The Kier molecular flexibility index (Phi) is 3.96. The molecule has 0 aromatic heterocycles. The van der Waals surface area contributed by atoms with Crippen molar-refractivity contribution in [3.63, 3.8) is 0 Å². The summed E-state index contributed by atoms with van der Waals surface area (Å²) in [5.41, 5.74) is 1.08. The third-order valence-electron chi connectivity index (χ3n) is 0.905. The fourth-order valence-electron chi connectivity index (χ4n) is 0.549. The standard InChI is InChI=1S/C7H6Cl.Fe/c1-6-3-2-4-7(8)5-6;/h2-4H,1H3;/q-1;. The summed E-state index contributed by atoms with van der Waals surface area (Å²) in [6.45, 7) is 1.96. The van der Waals surface area contributed by atoms with Crippen LogP contribution in [0.4, 0.5) is 0 Å². The van der Waals surface area contributed by atoms with Crippen LogP contribution < -0.4 is 0 Å². The van der Waals surface area contributed by atoms with Crippen LogP contribution in [-0.4, -0.2) is 0 Å². The van der Waals surface area contributed by atoms with Gasteiger partial charge in [0.15, 0.2) is 0 Å². The second kappa shape index (κ2) is 3.94. The molecule has 0 heterocycles. The second-order valence-electron chi connectivity index (χ2n) is 1.68. The molecule has 0 spiro atoms. The SMILES string of the molecule is Cc1[c-]c(Cl)ccc1.[Fe]. The molecule has 0 fully saturated rings. The summed E-state index contributed by atoms with van der Waals surface area (Å²) in [5, 5.41) is 0.685. The minimum Gasteiger partial charge on any atom is -0.171 e. The van der Waals surface area contributed by atoms with Crippen LogP contribution in [0, 0.1) is 13.0 Å². The molecular formula is C7H6ClFe-. The summed E-state index contributed by atoms with van der Waals surface area (Å²) in [6.07, 6.45) is 0. The van der Waals surface area contributed by atoms with E-state index >= 15 is 0 Å². The van der Waals surface area contributed by atoms with E-state index in [0.717, 1.165) is 5.56 Å². The molecule has 0 aliphatic carbocycles. The maximum absolute atomic E-state index is 5.59. The first kappa shape index (κ1) is 9.03. The molecule has 0 radical (unpaired) electrons. The van der Waals surface area contributed by atoms with Crippen molar-refractivity contribution in [1.82, 2.24) is 0 Å². The van der Waals surface area contributed by atoms with Crippen LogP contribution in [0.25, 0.3) is 0 Å². The first-order chi connectivity index (χ1) is 3.79. The van der Waals surface area contributed by atoms with Crippen molar-refractivity contribution in [1.29, 1.82) is 0 Å². The smallest absolute Gasteiger partial charge is 0 e. The number of hydrogen-bond acceptors (Lipinski definition) is 0. The molecule has 0 amide bonds. The Balaban J connectivity index is 0.000000640. The molecule has 0 unspecified atom stereocenters. The van der Waals surface area contributed by atoms with E-state index in [-0.39, 0.29) is 17.1 Å². The molecule has 0 atom stereocenters. The summed E-state index contributed by atoms with van der Waals surface area (Å²) in [5.74, 6) is 0. The van der Waals surface area contributed by atoms with Crippen molar-refractivity contribution in [3.05, 3.63) is 34.9 Å². The van der Waals surface area contributed by atoms with Crippen LogP contribution in [0.2, 0.25) is 5.02 Å². The number of aryl methyl sites for hydroxylation is 1. The molecule has 9 heavy (non-hydrogen) atoms. The van der Waals surface area contributed by atoms with Gasteiger partial charge in [0.25, 0.3) is 0 Å². The molecule has 50 valence electrons. The van der Waals surface area contributed by atoms with Gasteiger partial charge < -0.3 is 0 Å². The van der Waals surface area contributed by atoms with Gasteiger partial charge in [0.05, 0.1) is 0 Å². The van der Waals surface area contributed by atoms with Crippen molar-refractivity contribution in [2.75, 3.05) is 0 Å². The van der Waals surface area contributed by atoms with E-state index in [2.05, 4.69) is 6.07 Å². The molecule has 0 aliphatic heterocycles. The average Bonchev–Trinajstić information content (AvgIpc) is 1.64. The number of halogens is 1. The quantitative estimate of drug-likeness (QED) is 0.426. The Morgan fingerprint density at radius 3 is 2.44 bits per heavy atom. The van der Waals surface area contributed by atoms with E-state index in [1.807, 2.05) is 25.1 Å². The Hall–Kier alpha value is 0.0295. The van der Waals surface area contributed by atoms with E-state index in [1.54, 1.807) is 0 Å². The third-order valence-corrected chi connectivity index (χ3v) is 1.13. The summed E-state index contributed by atoms with van der Waals surface area (Å²) >= 11 is 5.59. The van der Waals surface area contributed by atoms with Gasteiger partial charge in [0.1, 0.15) is 0 Å². The van der Waals surface area contributed by atoms with E-state index in [1.165, 1.54) is 0 Å². The normalized spacial score (nSPS) is 8.22. The fourth-order valence-corrected chi connectivity index (χ4v) is 0.770. The van der Waals surface area contributed by atoms with Crippen molar-refractivity contribution < 1.29 is 17.1 Å². The topological polar surface area (TPSA) is 0 Å². The summed E-state index contributed by atoms with van der Waals surface area (Å²) in [6, 6.07) is 8.62. The molecule has 1 rings (SSSR count). The van der Waals surface area contributed by atoms with Gasteiger partial charge in [-0.15, -0.1) is 11.6 Å². The van der Waals surface area contributed by atoms with Gasteiger partial charge in [0.2, 0.25) is 0 Å². The van der Waals surface area contributed by atoms with Gasteiger partial charge in [-0.1, -0.05) is 11.9 Å². The first-order valence-corrected chi connectivity index (χ1v) is 2.81. The predicted molar refractivity (Wildman–Crippen MR) is 35.0 cm³/mol. The minimum atomic E-state index is 0. The van der Waals surface area contributed by atoms with Crippen LogP contribution in [0.5, 0.6) is 0 Å². The van der Waals surface area contributed by atoms with Crippen molar-refractivity contribution >= 4 is 11.6 Å². The number of hydrogen-bond donors (Lipinski definition) is 0. The van der Waals surface area contributed by atoms with E-state index in [4.69, 9.17) is 11.6 Å². The van der Waals surface area contributed by atoms with Gasteiger partial charge in [-0.25, -0.2) is 0 Å². The van der Waals surface area contributed by atoms with Crippen LogP contribution >= 0.6 is 11.6 Å². The molecular weight excluding hydrogens is 175 g/mol. The van der Waals surface area contributed by atoms with Crippen molar-refractivity contribution in [2.45, 2.75) is 6.92 Å². The zero-order chi connectivity index (χ0) is 5.98. The van der Waals surface area contributed by atoms with Crippen LogP contribution in [-0.2, 0) is 17.1 Å². The molecule has 0 saturated carbocycles. The van der Waals surface area contributed by atoms with E-state index in [0.29, 0.717) is 5.02 Å². The minimum absolute atomic E-state index is 0. The maximum atomic E-state index is 5.59. The summed E-state index contributed by atoms with van der Waals surface area (Å²) in [4.78, 5) is 0. The zero-order valence-corrected chi connectivity index (χ0v) is 6.82.